The summed E-state index contributed by atoms with van der Waals surface area (Å²) in [6.07, 6.45) is 6.81. The van der Waals surface area contributed by atoms with E-state index in [0.29, 0.717) is 5.92 Å². The highest BCUT2D eigenvalue weighted by Crippen LogP contribution is 2.08. The summed E-state index contributed by atoms with van der Waals surface area (Å²) in [5, 5.41) is 0. The van der Waals surface area contributed by atoms with Gasteiger partial charge in [0.2, 0.25) is 0 Å². The molecule has 0 N–H and O–H groups in total. The van der Waals surface area contributed by atoms with E-state index in [1.807, 2.05) is 0 Å². The first-order valence-electron chi connectivity index (χ1n) is 4.10. The van der Waals surface area contributed by atoms with E-state index in [0.717, 1.165) is 0 Å². The van der Waals surface area contributed by atoms with E-state index in [-0.39, 0.29) is 23.1 Å². The number of rotatable bonds is 5. The summed E-state index contributed by atoms with van der Waals surface area (Å²) in [5.41, 5.74) is 0. The monoisotopic (exact) mass is 153 g/mol. The van der Waals surface area contributed by atoms with Crippen LogP contribution in [0.2, 0.25) is 0 Å². The van der Waals surface area contributed by atoms with E-state index >= 15 is 0 Å². The molecule has 0 aliphatic carbocycles. The predicted molar refractivity (Wildman–Crippen MR) is 51.8 cm³/mol. The molecular weight excluding hydrogens is 132 g/mol. The maximum atomic E-state index is 3.94. The van der Waals surface area contributed by atoms with Gasteiger partial charge in [-0.15, -0.1) is 0 Å². The van der Waals surface area contributed by atoms with E-state index in [4.69, 9.17) is 0 Å². The molecule has 59 valence electrons. The highest BCUT2D eigenvalue weighted by Gasteiger charge is 1.92. The summed E-state index contributed by atoms with van der Waals surface area (Å²) in [6, 6.07) is 0. The van der Waals surface area contributed by atoms with Crippen LogP contribution in [0, 0.1) is 12.8 Å². The maximum Gasteiger partial charge on any atom is 0.316 e. The Hall–Kier alpha value is 0.766. The van der Waals surface area contributed by atoms with Crippen LogP contribution in [0.3, 0.4) is 0 Å². The van der Waals surface area contributed by atoms with Crippen LogP contribution >= 0.6 is 0 Å². The van der Waals surface area contributed by atoms with E-state index < -0.39 is 0 Å². The van der Waals surface area contributed by atoms with Crippen LogP contribution in [0.25, 0.3) is 0 Å². The molecule has 0 saturated heterocycles. The molecule has 0 aliphatic rings. The van der Waals surface area contributed by atoms with E-state index in [1.54, 1.807) is 0 Å². The second kappa shape index (κ2) is 9.77. The fraction of sp³-hybridized carbons (Fsp3) is 0.889. The lowest BCUT2D eigenvalue weighted by molar-refractivity contribution is 0.559. The molecular formula is C9H21Mg. The summed E-state index contributed by atoms with van der Waals surface area (Å²) in [6.45, 7) is 8.37. The van der Waals surface area contributed by atoms with Crippen molar-refractivity contribution in [2.45, 2.75) is 46.0 Å². The molecule has 0 aromatic carbocycles. The highest BCUT2D eigenvalue weighted by atomic mass is 24.3. The van der Waals surface area contributed by atoms with Crippen molar-refractivity contribution in [3.63, 3.8) is 0 Å². The van der Waals surface area contributed by atoms with Crippen LogP contribution in [0.1, 0.15) is 46.0 Å². The molecule has 0 bridgehead atoms. The van der Waals surface area contributed by atoms with Crippen LogP contribution in [-0.2, 0) is 0 Å². The summed E-state index contributed by atoms with van der Waals surface area (Å²) >= 11 is 0. The van der Waals surface area contributed by atoms with Gasteiger partial charge < -0.3 is 0 Å². The Labute approximate surface area is 81.9 Å². The Morgan fingerprint density at radius 2 is 1.80 bits per heavy atom. The summed E-state index contributed by atoms with van der Waals surface area (Å²) < 4.78 is 0. The van der Waals surface area contributed by atoms with Crippen molar-refractivity contribution in [1.82, 2.24) is 0 Å². The number of hydrogen-bond acceptors (Lipinski definition) is 0. The SMILES string of the molecule is [CH2]C(C)CCCCCC.[MgH2]. The van der Waals surface area contributed by atoms with Gasteiger partial charge in [0.15, 0.2) is 0 Å². The molecule has 0 spiro atoms. The van der Waals surface area contributed by atoms with E-state index in [9.17, 15) is 0 Å². The molecule has 1 atom stereocenters. The fourth-order valence-corrected chi connectivity index (χ4v) is 0.920. The van der Waals surface area contributed by atoms with Gasteiger partial charge in [0.05, 0.1) is 0 Å². The van der Waals surface area contributed by atoms with Crippen LogP contribution < -0.4 is 0 Å². The minimum absolute atomic E-state index is 0. The second-order valence-corrected chi connectivity index (χ2v) is 2.95. The zero-order valence-corrected chi connectivity index (χ0v) is 6.82. The summed E-state index contributed by atoms with van der Waals surface area (Å²) in [5.74, 6) is 0.654. The number of hydrogen-bond donors (Lipinski definition) is 0. The highest BCUT2D eigenvalue weighted by molar-refractivity contribution is 5.75. The van der Waals surface area contributed by atoms with Crippen LogP contribution in [-0.4, -0.2) is 23.1 Å². The molecule has 0 nitrogen and oxygen atoms in total. The van der Waals surface area contributed by atoms with Crippen molar-refractivity contribution in [2.75, 3.05) is 0 Å². The zero-order chi connectivity index (χ0) is 7.11. The van der Waals surface area contributed by atoms with Gasteiger partial charge in [-0.05, 0) is 5.92 Å². The van der Waals surface area contributed by atoms with Crippen LogP contribution in [0.4, 0.5) is 0 Å². The molecule has 0 saturated carbocycles. The predicted octanol–water partition coefficient (Wildman–Crippen LogP) is 2.51. The molecule has 1 unspecified atom stereocenters. The Bertz CT molecular complexity index is 50.7. The van der Waals surface area contributed by atoms with Crippen molar-refractivity contribution in [1.29, 1.82) is 0 Å². The Kier molecular flexibility index (Phi) is 13.1. The molecule has 0 rings (SSSR count). The van der Waals surface area contributed by atoms with Gasteiger partial charge in [0.25, 0.3) is 0 Å². The number of unbranched alkanes of at least 4 members (excludes halogenated alkanes) is 3. The van der Waals surface area contributed by atoms with Crippen LogP contribution in [0.5, 0.6) is 0 Å². The minimum atomic E-state index is 0. The van der Waals surface area contributed by atoms with Crippen molar-refractivity contribution in [3.05, 3.63) is 6.92 Å². The van der Waals surface area contributed by atoms with Gasteiger partial charge >= 0.3 is 23.1 Å². The van der Waals surface area contributed by atoms with E-state index in [1.165, 1.54) is 32.1 Å². The molecule has 0 aromatic rings. The summed E-state index contributed by atoms with van der Waals surface area (Å²) in [4.78, 5) is 0. The standard InChI is InChI=1S/C9H19.Mg.2H/c1-4-5-6-7-8-9(2)3;;;/h9H,2,4-8H2,1,3H3;;;. The Balaban J connectivity index is 0. The molecule has 0 amide bonds. The maximum absolute atomic E-state index is 3.94. The third kappa shape index (κ3) is 11.5. The third-order valence-corrected chi connectivity index (χ3v) is 1.55. The lowest BCUT2D eigenvalue weighted by Gasteiger charge is -2.01. The Morgan fingerprint density at radius 1 is 1.20 bits per heavy atom. The first-order chi connectivity index (χ1) is 4.27. The topological polar surface area (TPSA) is 0 Å². The lowest BCUT2D eigenvalue weighted by Crippen LogP contribution is -1.86. The van der Waals surface area contributed by atoms with Crippen molar-refractivity contribution in [2.24, 2.45) is 5.92 Å². The van der Waals surface area contributed by atoms with Crippen molar-refractivity contribution in [3.8, 4) is 0 Å². The second-order valence-electron chi connectivity index (χ2n) is 2.95. The summed E-state index contributed by atoms with van der Waals surface area (Å²) in [7, 11) is 0. The zero-order valence-electron chi connectivity index (χ0n) is 6.82. The van der Waals surface area contributed by atoms with Crippen LogP contribution in [0.15, 0.2) is 0 Å². The largest absolute Gasteiger partial charge is 0.316 e. The molecule has 1 heteroatoms. The average molecular weight is 154 g/mol. The van der Waals surface area contributed by atoms with Crippen molar-refractivity contribution < 1.29 is 0 Å². The van der Waals surface area contributed by atoms with Gasteiger partial charge in [0.1, 0.15) is 0 Å². The molecule has 0 fully saturated rings. The minimum Gasteiger partial charge on any atom is -0.0654 e. The van der Waals surface area contributed by atoms with Crippen molar-refractivity contribution >= 4 is 23.1 Å². The smallest absolute Gasteiger partial charge is 0.0654 e. The Morgan fingerprint density at radius 3 is 2.20 bits per heavy atom. The first kappa shape index (κ1) is 13.4. The molecule has 0 aromatic heterocycles. The molecule has 0 heterocycles. The fourth-order valence-electron chi connectivity index (χ4n) is 0.920. The normalized spacial score (nSPS) is 9.60. The van der Waals surface area contributed by atoms with Gasteiger partial charge in [-0.1, -0.05) is 52.9 Å². The average Bonchev–Trinajstić information content (AvgIpc) is 1.80. The third-order valence-electron chi connectivity index (χ3n) is 1.55. The van der Waals surface area contributed by atoms with Gasteiger partial charge in [-0.3, -0.25) is 0 Å². The molecule has 10 heavy (non-hydrogen) atoms. The molecule has 1 radical (unpaired) electrons. The van der Waals surface area contributed by atoms with Gasteiger partial charge in [0, 0.05) is 0 Å². The van der Waals surface area contributed by atoms with E-state index in [2.05, 4.69) is 20.8 Å². The molecule has 0 aliphatic heterocycles. The first-order valence-corrected chi connectivity index (χ1v) is 4.10. The lowest BCUT2D eigenvalue weighted by atomic mass is 10.1. The van der Waals surface area contributed by atoms with Gasteiger partial charge in [-0.25, -0.2) is 0 Å². The van der Waals surface area contributed by atoms with Gasteiger partial charge in [-0.2, -0.15) is 0 Å². The quantitative estimate of drug-likeness (QED) is 0.421.